The summed E-state index contributed by atoms with van der Waals surface area (Å²) in [6.07, 6.45) is 0. The van der Waals surface area contributed by atoms with E-state index in [9.17, 15) is 13.2 Å². The van der Waals surface area contributed by atoms with E-state index in [0.717, 1.165) is 0 Å². The number of ether oxygens (including phenoxy) is 1. The second-order valence-corrected chi connectivity index (χ2v) is 6.54. The van der Waals surface area contributed by atoms with Crippen LogP contribution in [0, 0.1) is 12.8 Å². The number of nitrogens with zero attached hydrogens (tertiary/aromatic N) is 1. The monoisotopic (exact) mass is 287 g/mol. The van der Waals surface area contributed by atoms with Gasteiger partial charge < -0.3 is 9.84 Å². The molecule has 0 amide bonds. The molecule has 1 aromatic heterocycles. The Balaban J connectivity index is 2.89. The van der Waals surface area contributed by atoms with Crippen molar-refractivity contribution in [2.45, 2.75) is 19.6 Å². The van der Waals surface area contributed by atoms with Crippen molar-refractivity contribution in [3.05, 3.63) is 23.5 Å². The first-order valence-corrected chi connectivity index (χ1v) is 7.50. The molecule has 19 heavy (non-hydrogen) atoms. The lowest BCUT2D eigenvalue weighted by Gasteiger charge is -2.09. The average molecular weight is 287 g/mol. The minimum atomic E-state index is -3.52. The fourth-order valence-electron chi connectivity index (χ4n) is 1.63. The summed E-state index contributed by atoms with van der Waals surface area (Å²) in [5, 5.41) is 8.74. The Morgan fingerprint density at radius 3 is 2.63 bits per heavy atom. The third-order valence-electron chi connectivity index (χ3n) is 2.51. The maximum atomic E-state index is 11.9. The number of rotatable bonds is 6. The number of methoxy groups -OCH3 is 1. The predicted molar refractivity (Wildman–Crippen MR) is 69.8 cm³/mol. The minimum absolute atomic E-state index is 0.289. The minimum Gasteiger partial charge on any atom is -0.497 e. The van der Waals surface area contributed by atoms with Crippen molar-refractivity contribution in [3.63, 3.8) is 0 Å². The number of carboxylic acid groups (broad SMARTS) is 1. The summed E-state index contributed by atoms with van der Waals surface area (Å²) in [5.41, 5.74) is 1.00. The van der Waals surface area contributed by atoms with Gasteiger partial charge in [-0.15, -0.1) is 0 Å². The highest BCUT2D eigenvalue weighted by atomic mass is 32.2. The summed E-state index contributed by atoms with van der Waals surface area (Å²) in [6, 6.07) is 3.23. The molecule has 0 aliphatic carbocycles. The van der Waals surface area contributed by atoms with Gasteiger partial charge in [0.1, 0.15) is 5.75 Å². The van der Waals surface area contributed by atoms with Crippen molar-refractivity contribution in [3.8, 4) is 5.75 Å². The molecule has 1 unspecified atom stereocenters. The van der Waals surface area contributed by atoms with E-state index in [1.165, 1.54) is 20.1 Å². The van der Waals surface area contributed by atoms with E-state index in [2.05, 4.69) is 4.98 Å². The van der Waals surface area contributed by atoms with Crippen LogP contribution in [-0.4, -0.2) is 37.3 Å². The lowest BCUT2D eigenvalue weighted by Crippen LogP contribution is -2.22. The van der Waals surface area contributed by atoms with E-state index in [0.29, 0.717) is 17.1 Å². The molecular formula is C12H17NO5S. The predicted octanol–water partition coefficient (Wildman–Crippen LogP) is 1.03. The van der Waals surface area contributed by atoms with E-state index < -0.39 is 27.5 Å². The third kappa shape index (κ3) is 4.86. The summed E-state index contributed by atoms with van der Waals surface area (Å²) in [6.45, 7) is 3.10. The average Bonchev–Trinajstić information content (AvgIpc) is 2.26. The second kappa shape index (κ2) is 6.01. The fourth-order valence-corrected chi connectivity index (χ4v) is 3.25. The number of pyridine rings is 1. The molecule has 0 aliphatic rings. The van der Waals surface area contributed by atoms with E-state index in [1.807, 2.05) is 0 Å². The SMILES string of the molecule is COc1cc(C)nc(CS(=O)(=O)CC(C)C(=O)O)c1. The first-order valence-electron chi connectivity index (χ1n) is 5.68. The number of carboxylic acids is 1. The van der Waals surface area contributed by atoms with Crippen molar-refractivity contribution in [2.24, 2.45) is 5.92 Å². The number of carbonyl (C=O) groups is 1. The van der Waals surface area contributed by atoms with Gasteiger partial charge in [0.15, 0.2) is 9.84 Å². The van der Waals surface area contributed by atoms with Gasteiger partial charge >= 0.3 is 5.97 Å². The third-order valence-corrected chi connectivity index (χ3v) is 4.25. The molecule has 0 bridgehead atoms. The molecule has 0 spiro atoms. The van der Waals surface area contributed by atoms with Crippen LogP contribution in [0.2, 0.25) is 0 Å². The summed E-state index contributed by atoms with van der Waals surface area (Å²) in [4.78, 5) is 14.8. The Morgan fingerprint density at radius 2 is 2.11 bits per heavy atom. The molecule has 1 heterocycles. The molecule has 1 aromatic rings. The van der Waals surface area contributed by atoms with Gasteiger partial charge in [-0.25, -0.2) is 8.42 Å². The highest BCUT2D eigenvalue weighted by molar-refractivity contribution is 7.90. The molecule has 6 nitrogen and oxygen atoms in total. The zero-order chi connectivity index (χ0) is 14.6. The molecule has 7 heteroatoms. The van der Waals surface area contributed by atoms with Gasteiger partial charge in [-0.05, 0) is 6.92 Å². The van der Waals surface area contributed by atoms with Gasteiger partial charge in [-0.3, -0.25) is 9.78 Å². The van der Waals surface area contributed by atoms with Crippen LogP contribution in [0.4, 0.5) is 0 Å². The van der Waals surface area contributed by atoms with E-state index in [-0.39, 0.29) is 5.75 Å². The first kappa shape index (κ1) is 15.4. The van der Waals surface area contributed by atoms with Crippen LogP contribution in [0.5, 0.6) is 5.75 Å². The van der Waals surface area contributed by atoms with Crippen LogP contribution in [0.1, 0.15) is 18.3 Å². The van der Waals surface area contributed by atoms with E-state index >= 15 is 0 Å². The van der Waals surface area contributed by atoms with Crippen LogP contribution < -0.4 is 4.74 Å². The van der Waals surface area contributed by atoms with E-state index in [1.54, 1.807) is 13.0 Å². The van der Waals surface area contributed by atoms with Crippen molar-refractivity contribution in [1.82, 2.24) is 4.98 Å². The highest BCUT2D eigenvalue weighted by Gasteiger charge is 2.22. The number of sulfone groups is 1. The number of aromatic nitrogens is 1. The van der Waals surface area contributed by atoms with Gasteiger partial charge in [0.05, 0.1) is 30.2 Å². The van der Waals surface area contributed by atoms with Crippen LogP contribution in [0.15, 0.2) is 12.1 Å². The first-order chi connectivity index (χ1) is 8.73. The maximum absolute atomic E-state index is 11.9. The lowest BCUT2D eigenvalue weighted by molar-refractivity contribution is -0.140. The lowest BCUT2D eigenvalue weighted by atomic mass is 10.2. The van der Waals surface area contributed by atoms with Crippen molar-refractivity contribution < 1.29 is 23.1 Å². The van der Waals surface area contributed by atoms with Gasteiger partial charge in [-0.1, -0.05) is 6.92 Å². The Bertz CT molecular complexity index is 567. The topological polar surface area (TPSA) is 93.6 Å². The molecule has 0 aliphatic heterocycles. The van der Waals surface area contributed by atoms with Crippen LogP contribution in [0.25, 0.3) is 0 Å². The Morgan fingerprint density at radius 1 is 1.47 bits per heavy atom. The number of hydrogen-bond acceptors (Lipinski definition) is 5. The molecule has 1 rings (SSSR count). The van der Waals surface area contributed by atoms with Crippen LogP contribution >= 0.6 is 0 Å². The number of aliphatic carboxylic acids is 1. The van der Waals surface area contributed by atoms with Gasteiger partial charge in [0.25, 0.3) is 0 Å². The van der Waals surface area contributed by atoms with Crippen LogP contribution in [-0.2, 0) is 20.4 Å². The number of hydrogen-bond donors (Lipinski definition) is 1. The molecule has 0 aromatic carbocycles. The molecule has 106 valence electrons. The summed E-state index contributed by atoms with van der Waals surface area (Å²) >= 11 is 0. The molecular weight excluding hydrogens is 270 g/mol. The number of aryl methyl sites for hydroxylation is 1. The molecule has 1 N–H and O–H groups in total. The second-order valence-electron chi connectivity index (χ2n) is 4.43. The van der Waals surface area contributed by atoms with Crippen LogP contribution in [0.3, 0.4) is 0 Å². The van der Waals surface area contributed by atoms with Gasteiger partial charge in [0, 0.05) is 17.8 Å². The Hall–Kier alpha value is -1.63. The molecule has 0 fully saturated rings. The fraction of sp³-hybridized carbons (Fsp3) is 0.500. The van der Waals surface area contributed by atoms with Crippen molar-refractivity contribution in [1.29, 1.82) is 0 Å². The molecule has 0 saturated carbocycles. The standard InChI is InChI=1S/C12H17NO5S/c1-8(12(14)15)6-19(16,17)7-10-5-11(18-3)4-9(2)13-10/h4-5,8H,6-7H2,1-3H3,(H,14,15). The maximum Gasteiger partial charge on any atom is 0.307 e. The summed E-state index contributed by atoms with van der Waals surface area (Å²) in [7, 11) is -2.03. The normalized spacial score (nSPS) is 13.0. The Kier molecular flexibility index (Phi) is 4.88. The van der Waals surface area contributed by atoms with Crippen molar-refractivity contribution in [2.75, 3.05) is 12.9 Å². The van der Waals surface area contributed by atoms with Gasteiger partial charge in [-0.2, -0.15) is 0 Å². The summed E-state index contributed by atoms with van der Waals surface area (Å²) < 4.78 is 28.8. The van der Waals surface area contributed by atoms with E-state index in [4.69, 9.17) is 9.84 Å². The zero-order valence-corrected chi connectivity index (χ0v) is 11.9. The Labute approximate surface area is 112 Å². The molecule has 0 radical (unpaired) electrons. The summed E-state index contributed by atoms with van der Waals surface area (Å²) in [5.74, 6) is -2.22. The zero-order valence-electron chi connectivity index (χ0n) is 11.1. The largest absolute Gasteiger partial charge is 0.497 e. The molecule has 1 atom stereocenters. The smallest absolute Gasteiger partial charge is 0.307 e. The van der Waals surface area contributed by atoms with Gasteiger partial charge in [0.2, 0.25) is 0 Å². The van der Waals surface area contributed by atoms with Crippen molar-refractivity contribution >= 4 is 15.8 Å². The molecule has 0 saturated heterocycles. The quantitative estimate of drug-likeness (QED) is 0.840. The highest BCUT2D eigenvalue weighted by Crippen LogP contribution is 2.16.